The van der Waals surface area contributed by atoms with E-state index in [1.807, 2.05) is 36.5 Å². The van der Waals surface area contributed by atoms with E-state index >= 15 is 0 Å². The summed E-state index contributed by atoms with van der Waals surface area (Å²) in [5.74, 6) is 0.212. The molecule has 5 heteroatoms. The summed E-state index contributed by atoms with van der Waals surface area (Å²) >= 11 is 5.91. The fourth-order valence-corrected chi connectivity index (χ4v) is 3.18. The van der Waals surface area contributed by atoms with E-state index in [-0.39, 0.29) is 11.5 Å². The average Bonchev–Trinajstić information content (AvgIpc) is 3.06. The lowest BCUT2D eigenvalue weighted by molar-refractivity contribution is 0.102. The van der Waals surface area contributed by atoms with Crippen molar-refractivity contribution in [3.05, 3.63) is 82.1 Å². The minimum atomic E-state index is 0.0143. The number of hydrogen-bond acceptors (Lipinski definition) is 3. The van der Waals surface area contributed by atoms with E-state index in [2.05, 4.69) is 5.10 Å². The highest BCUT2D eigenvalue weighted by Gasteiger charge is 2.22. The monoisotopic (exact) mass is 350 g/mol. The van der Waals surface area contributed by atoms with Gasteiger partial charge in [0.1, 0.15) is 5.75 Å². The first kappa shape index (κ1) is 15.7. The quantitative estimate of drug-likeness (QED) is 0.695. The van der Waals surface area contributed by atoms with E-state index < -0.39 is 0 Å². The number of aromatic hydroxyl groups is 1. The molecule has 4 nitrogen and oxygen atoms in total. The Morgan fingerprint density at radius 3 is 2.72 bits per heavy atom. The molecular weight excluding hydrogens is 336 g/mol. The van der Waals surface area contributed by atoms with E-state index in [1.54, 1.807) is 29.1 Å². The Kier molecular flexibility index (Phi) is 3.90. The molecule has 25 heavy (non-hydrogen) atoms. The average molecular weight is 351 g/mol. The van der Waals surface area contributed by atoms with Crippen LogP contribution in [-0.2, 0) is 6.42 Å². The number of aryl methyl sites for hydroxylation is 1. The first-order valence-electron chi connectivity index (χ1n) is 7.98. The first-order chi connectivity index (χ1) is 12.1. The molecule has 124 valence electrons. The number of phenolic OH excluding ortho intramolecular Hbond substituents is 1. The van der Waals surface area contributed by atoms with Gasteiger partial charge in [0.15, 0.2) is 5.78 Å². The number of hydrogen-bond donors (Lipinski definition) is 1. The molecular formula is C20H15ClN2O2. The van der Waals surface area contributed by atoms with Gasteiger partial charge in [0.25, 0.3) is 0 Å². The molecule has 0 saturated carbocycles. The molecule has 0 unspecified atom stereocenters. The maximum Gasteiger partial charge on any atom is 0.189 e. The first-order valence-corrected chi connectivity index (χ1v) is 8.36. The van der Waals surface area contributed by atoms with Crippen LogP contribution in [0.4, 0.5) is 0 Å². The highest BCUT2D eigenvalue weighted by Crippen LogP contribution is 2.29. The molecule has 1 heterocycles. The van der Waals surface area contributed by atoms with Crippen molar-refractivity contribution >= 4 is 23.5 Å². The number of rotatable bonds is 2. The third-order valence-electron chi connectivity index (χ3n) is 4.32. The molecule has 0 amide bonds. The van der Waals surface area contributed by atoms with Crippen LogP contribution in [0.3, 0.4) is 0 Å². The molecule has 0 spiro atoms. The SMILES string of the molecule is O=C1C(=Cc2cnn(-c3ccc(Cl)cc3)c2)CCc2cc(O)ccc21. The predicted octanol–water partition coefficient (Wildman–Crippen LogP) is 4.44. The van der Waals surface area contributed by atoms with Crippen LogP contribution in [0.2, 0.25) is 5.02 Å². The van der Waals surface area contributed by atoms with Gasteiger partial charge in [0, 0.05) is 27.9 Å². The summed E-state index contributed by atoms with van der Waals surface area (Å²) < 4.78 is 1.75. The smallest absolute Gasteiger partial charge is 0.189 e. The number of allylic oxidation sites excluding steroid dienone is 1. The van der Waals surface area contributed by atoms with Crippen molar-refractivity contribution in [2.24, 2.45) is 0 Å². The van der Waals surface area contributed by atoms with Gasteiger partial charge in [-0.2, -0.15) is 5.10 Å². The third-order valence-corrected chi connectivity index (χ3v) is 4.58. The largest absolute Gasteiger partial charge is 0.508 e. The standard InChI is InChI=1S/C20H15ClN2O2/c21-16-3-5-17(6-4-16)23-12-13(11-22-23)9-15-2-1-14-10-18(24)7-8-19(14)20(15)25/h3-12,24H,1-2H2. The fraction of sp³-hybridized carbons (Fsp3) is 0.100. The number of benzene rings is 2. The number of carbonyl (C=O) groups is 1. The number of Topliss-reactive ketones (excluding diaryl/α,β-unsaturated/α-hetero) is 1. The number of ketones is 1. The lowest BCUT2D eigenvalue weighted by Crippen LogP contribution is -2.13. The van der Waals surface area contributed by atoms with Crippen molar-refractivity contribution in [3.8, 4) is 11.4 Å². The molecule has 3 aromatic rings. The molecule has 2 aromatic carbocycles. The van der Waals surface area contributed by atoms with Crippen molar-refractivity contribution in [3.63, 3.8) is 0 Å². The summed E-state index contributed by atoms with van der Waals surface area (Å²) in [6.07, 6.45) is 6.91. The van der Waals surface area contributed by atoms with Crippen molar-refractivity contribution < 1.29 is 9.90 Å². The maximum atomic E-state index is 12.7. The van der Waals surface area contributed by atoms with Gasteiger partial charge < -0.3 is 5.11 Å². The number of halogens is 1. The van der Waals surface area contributed by atoms with Gasteiger partial charge in [-0.25, -0.2) is 4.68 Å². The Morgan fingerprint density at radius 2 is 1.92 bits per heavy atom. The van der Waals surface area contributed by atoms with E-state index in [9.17, 15) is 9.90 Å². The number of phenols is 1. The summed E-state index contributed by atoms with van der Waals surface area (Å²) in [6, 6.07) is 12.3. The van der Waals surface area contributed by atoms with Crippen LogP contribution in [0.1, 0.15) is 27.9 Å². The molecule has 4 rings (SSSR count). The van der Waals surface area contributed by atoms with Crippen LogP contribution in [-0.4, -0.2) is 20.7 Å². The highest BCUT2D eigenvalue weighted by atomic mass is 35.5. The normalized spacial score (nSPS) is 15.4. The number of aromatic nitrogens is 2. The van der Waals surface area contributed by atoms with E-state index in [0.717, 1.165) is 28.8 Å². The van der Waals surface area contributed by atoms with Crippen LogP contribution >= 0.6 is 11.6 Å². The highest BCUT2D eigenvalue weighted by molar-refractivity contribution is 6.30. The molecule has 1 aliphatic carbocycles. The van der Waals surface area contributed by atoms with Crippen LogP contribution in [0, 0.1) is 0 Å². The molecule has 0 radical (unpaired) electrons. The fourth-order valence-electron chi connectivity index (χ4n) is 3.05. The molecule has 1 aromatic heterocycles. The molecule has 0 bridgehead atoms. The third kappa shape index (κ3) is 3.08. The second-order valence-electron chi connectivity index (χ2n) is 6.03. The minimum absolute atomic E-state index is 0.0143. The van der Waals surface area contributed by atoms with Gasteiger partial charge in [0.05, 0.1) is 11.9 Å². The van der Waals surface area contributed by atoms with Gasteiger partial charge in [-0.1, -0.05) is 11.6 Å². The molecule has 0 fully saturated rings. The van der Waals surface area contributed by atoms with Crippen molar-refractivity contribution in [1.82, 2.24) is 9.78 Å². The minimum Gasteiger partial charge on any atom is -0.508 e. The topological polar surface area (TPSA) is 55.1 Å². The van der Waals surface area contributed by atoms with Crippen LogP contribution in [0.25, 0.3) is 11.8 Å². The molecule has 0 aliphatic heterocycles. The van der Waals surface area contributed by atoms with Crippen LogP contribution in [0.5, 0.6) is 5.75 Å². The summed E-state index contributed by atoms with van der Waals surface area (Å²) in [6.45, 7) is 0. The lowest BCUT2D eigenvalue weighted by Gasteiger charge is -2.17. The summed E-state index contributed by atoms with van der Waals surface area (Å²) in [4.78, 5) is 12.7. The Hall–Kier alpha value is -2.85. The van der Waals surface area contributed by atoms with Crippen molar-refractivity contribution in [2.75, 3.05) is 0 Å². The van der Waals surface area contributed by atoms with Crippen LogP contribution in [0.15, 0.2) is 60.4 Å². The Bertz CT molecular complexity index is 987. The Morgan fingerprint density at radius 1 is 1.12 bits per heavy atom. The molecule has 0 atom stereocenters. The van der Waals surface area contributed by atoms with E-state index in [0.29, 0.717) is 17.0 Å². The summed E-state index contributed by atoms with van der Waals surface area (Å²) in [5.41, 5.74) is 4.11. The second-order valence-corrected chi connectivity index (χ2v) is 6.47. The van der Waals surface area contributed by atoms with Gasteiger partial charge in [0.2, 0.25) is 0 Å². The molecule has 1 N–H and O–H groups in total. The van der Waals surface area contributed by atoms with E-state index in [1.165, 1.54) is 0 Å². The maximum absolute atomic E-state index is 12.7. The number of fused-ring (bicyclic) bond motifs is 1. The summed E-state index contributed by atoms with van der Waals surface area (Å²) in [7, 11) is 0. The zero-order valence-corrected chi connectivity index (χ0v) is 14.1. The Balaban J connectivity index is 1.62. The predicted molar refractivity (Wildman–Crippen MR) is 97.3 cm³/mol. The van der Waals surface area contributed by atoms with Gasteiger partial charge >= 0.3 is 0 Å². The van der Waals surface area contributed by atoms with Crippen molar-refractivity contribution in [2.45, 2.75) is 12.8 Å². The van der Waals surface area contributed by atoms with Crippen LogP contribution < -0.4 is 0 Å². The van der Waals surface area contributed by atoms with E-state index in [4.69, 9.17) is 11.6 Å². The number of nitrogens with zero attached hydrogens (tertiary/aromatic N) is 2. The van der Waals surface area contributed by atoms with Gasteiger partial charge in [-0.15, -0.1) is 0 Å². The summed E-state index contributed by atoms with van der Waals surface area (Å²) in [5, 5.41) is 14.6. The molecule has 0 saturated heterocycles. The number of carbonyl (C=O) groups excluding carboxylic acids is 1. The van der Waals surface area contributed by atoms with Crippen molar-refractivity contribution in [1.29, 1.82) is 0 Å². The van der Waals surface area contributed by atoms with Gasteiger partial charge in [-0.3, -0.25) is 4.79 Å². The van der Waals surface area contributed by atoms with Gasteiger partial charge in [-0.05, 0) is 66.9 Å². The second kappa shape index (κ2) is 6.22. The molecule has 1 aliphatic rings. The Labute approximate surface area is 150 Å². The lowest BCUT2D eigenvalue weighted by atomic mass is 9.86. The zero-order valence-electron chi connectivity index (χ0n) is 13.3. The zero-order chi connectivity index (χ0) is 17.4.